The summed E-state index contributed by atoms with van der Waals surface area (Å²) >= 11 is 6.56. The molecule has 0 fully saturated rings. The summed E-state index contributed by atoms with van der Waals surface area (Å²) in [4.78, 5) is 21.9. The summed E-state index contributed by atoms with van der Waals surface area (Å²) in [5.41, 5.74) is -1.37. The van der Waals surface area contributed by atoms with E-state index in [1.54, 1.807) is 18.2 Å². The third-order valence-electron chi connectivity index (χ3n) is 2.95. The highest BCUT2D eigenvalue weighted by Crippen LogP contribution is 2.36. The Bertz CT molecular complexity index is 815. The number of anilines is 1. The van der Waals surface area contributed by atoms with Crippen molar-refractivity contribution in [3.63, 3.8) is 0 Å². The molecule has 0 bridgehead atoms. The second kappa shape index (κ2) is 7.75. The van der Waals surface area contributed by atoms with Gasteiger partial charge in [0.25, 0.3) is 5.69 Å². The van der Waals surface area contributed by atoms with Crippen LogP contribution in [0.4, 0.5) is 24.5 Å². The lowest BCUT2D eigenvalue weighted by atomic mass is 10.2. The lowest BCUT2D eigenvalue weighted by Gasteiger charge is -2.09. The van der Waals surface area contributed by atoms with Crippen LogP contribution in [0.3, 0.4) is 0 Å². The van der Waals surface area contributed by atoms with E-state index >= 15 is 0 Å². The zero-order valence-corrected chi connectivity index (χ0v) is 13.9. The number of carbonyl (C=O) groups is 1. The summed E-state index contributed by atoms with van der Waals surface area (Å²) in [6, 6.07) is 8.56. The highest BCUT2D eigenvalue weighted by Gasteiger charge is 2.33. The zero-order chi connectivity index (χ0) is 18.6. The molecule has 0 aliphatic heterocycles. The summed E-state index contributed by atoms with van der Waals surface area (Å²) in [5.74, 6) is -0.680. The number of amides is 1. The monoisotopic (exact) mass is 390 g/mol. The predicted molar refractivity (Wildman–Crippen MR) is 88.9 cm³/mol. The van der Waals surface area contributed by atoms with Crippen LogP contribution < -0.4 is 5.32 Å². The number of nitro groups is 1. The molecule has 10 heteroatoms. The van der Waals surface area contributed by atoms with E-state index in [9.17, 15) is 28.1 Å². The van der Waals surface area contributed by atoms with Gasteiger partial charge in [-0.25, -0.2) is 0 Å². The van der Waals surface area contributed by atoms with Crippen molar-refractivity contribution in [2.45, 2.75) is 11.1 Å². The van der Waals surface area contributed by atoms with Crippen LogP contribution in [-0.2, 0) is 11.0 Å². The number of benzene rings is 2. The van der Waals surface area contributed by atoms with E-state index in [4.69, 9.17) is 11.6 Å². The van der Waals surface area contributed by atoms with Gasteiger partial charge in [-0.1, -0.05) is 17.7 Å². The van der Waals surface area contributed by atoms with Gasteiger partial charge in [-0.3, -0.25) is 14.9 Å². The van der Waals surface area contributed by atoms with Crippen LogP contribution in [0.1, 0.15) is 5.56 Å². The number of carbonyl (C=O) groups excluding carboxylic acids is 1. The molecule has 25 heavy (non-hydrogen) atoms. The maximum absolute atomic E-state index is 12.6. The van der Waals surface area contributed by atoms with Gasteiger partial charge >= 0.3 is 6.18 Å². The van der Waals surface area contributed by atoms with Crippen molar-refractivity contribution >= 4 is 40.6 Å². The fourth-order valence-electron chi connectivity index (χ4n) is 1.87. The number of alkyl halides is 3. The molecule has 0 radical (unpaired) electrons. The molecule has 0 spiro atoms. The van der Waals surface area contributed by atoms with Gasteiger partial charge in [-0.15, -0.1) is 11.8 Å². The first-order chi connectivity index (χ1) is 11.7. The van der Waals surface area contributed by atoms with Crippen molar-refractivity contribution in [2.24, 2.45) is 0 Å². The van der Waals surface area contributed by atoms with Gasteiger partial charge in [0, 0.05) is 16.8 Å². The Hall–Kier alpha value is -2.26. The van der Waals surface area contributed by atoms with Gasteiger partial charge in [-0.2, -0.15) is 13.2 Å². The van der Waals surface area contributed by atoms with Crippen molar-refractivity contribution in [1.29, 1.82) is 0 Å². The van der Waals surface area contributed by atoms with E-state index in [-0.39, 0.29) is 10.6 Å². The number of halogens is 4. The molecule has 0 heterocycles. The minimum atomic E-state index is -4.68. The van der Waals surface area contributed by atoms with Gasteiger partial charge in [-0.05, 0) is 30.3 Å². The maximum Gasteiger partial charge on any atom is 0.416 e. The topological polar surface area (TPSA) is 72.2 Å². The minimum absolute atomic E-state index is 0.0285. The fourth-order valence-corrected chi connectivity index (χ4v) is 2.86. The van der Waals surface area contributed by atoms with Crippen LogP contribution in [0.5, 0.6) is 0 Å². The van der Waals surface area contributed by atoms with Gasteiger partial charge < -0.3 is 5.32 Å². The van der Waals surface area contributed by atoms with Crippen LogP contribution >= 0.6 is 23.4 Å². The fraction of sp³-hybridized carbons (Fsp3) is 0.133. The number of nitro benzene ring substituents is 1. The molecule has 2 aromatic carbocycles. The molecule has 1 amide bonds. The first kappa shape index (κ1) is 19.1. The molecule has 0 unspecified atom stereocenters. The Labute approximate surface area is 149 Å². The van der Waals surface area contributed by atoms with Crippen molar-refractivity contribution in [2.75, 3.05) is 11.1 Å². The highest BCUT2D eigenvalue weighted by atomic mass is 35.5. The number of hydrogen-bond acceptors (Lipinski definition) is 4. The van der Waals surface area contributed by atoms with Crippen molar-refractivity contribution in [1.82, 2.24) is 0 Å². The van der Waals surface area contributed by atoms with E-state index in [0.29, 0.717) is 16.8 Å². The molecule has 0 saturated heterocycles. The molecular formula is C15H10ClF3N2O3S. The molecule has 5 nitrogen and oxygen atoms in total. The third kappa shape index (κ3) is 5.36. The van der Waals surface area contributed by atoms with Gasteiger partial charge in [0.1, 0.15) is 0 Å². The number of rotatable bonds is 5. The Kier molecular flexibility index (Phi) is 5.91. The summed E-state index contributed by atoms with van der Waals surface area (Å²) in [6.07, 6.45) is -4.68. The summed E-state index contributed by atoms with van der Waals surface area (Å²) in [5, 5.41) is 13.9. The summed E-state index contributed by atoms with van der Waals surface area (Å²) < 4.78 is 37.9. The first-order valence-corrected chi connectivity index (χ1v) is 8.07. The van der Waals surface area contributed by atoms with Crippen LogP contribution in [0.2, 0.25) is 5.02 Å². The Balaban J connectivity index is 2.09. The van der Waals surface area contributed by atoms with Crippen LogP contribution in [0, 0.1) is 10.1 Å². The summed E-state index contributed by atoms with van der Waals surface area (Å²) in [7, 11) is 0. The van der Waals surface area contributed by atoms with Gasteiger partial charge in [0.15, 0.2) is 0 Å². The van der Waals surface area contributed by atoms with E-state index in [1.807, 2.05) is 0 Å². The molecule has 2 aromatic rings. The lowest BCUT2D eigenvalue weighted by Crippen LogP contribution is -2.14. The maximum atomic E-state index is 12.6. The standard InChI is InChI=1S/C15H10ClF3N2O3S/c16-10-2-1-3-11(7-10)20-14(22)8-25-13-5-4-9(15(17,18)19)6-12(13)21(23)24/h1-7H,8H2,(H,20,22). The number of hydrogen-bond donors (Lipinski definition) is 1. The average Bonchev–Trinajstić information content (AvgIpc) is 2.51. The van der Waals surface area contributed by atoms with Gasteiger partial charge in [0.2, 0.25) is 5.91 Å². The smallest absolute Gasteiger partial charge is 0.325 e. The molecule has 0 aliphatic rings. The Morgan fingerprint density at radius 2 is 1.96 bits per heavy atom. The number of nitrogens with zero attached hydrogens (tertiary/aromatic N) is 1. The second-order valence-corrected chi connectivity index (χ2v) is 6.24. The first-order valence-electron chi connectivity index (χ1n) is 6.70. The van der Waals surface area contributed by atoms with E-state index < -0.39 is 28.3 Å². The molecule has 0 aliphatic carbocycles. The second-order valence-electron chi connectivity index (χ2n) is 4.78. The molecule has 0 aromatic heterocycles. The quantitative estimate of drug-likeness (QED) is 0.443. The van der Waals surface area contributed by atoms with Gasteiger partial charge in [0.05, 0.1) is 21.1 Å². The van der Waals surface area contributed by atoms with E-state index in [2.05, 4.69) is 5.32 Å². The van der Waals surface area contributed by atoms with Crippen molar-refractivity contribution in [3.8, 4) is 0 Å². The molecule has 132 valence electrons. The highest BCUT2D eigenvalue weighted by molar-refractivity contribution is 8.00. The molecule has 1 N–H and O–H groups in total. The average molecular weight is 391 g/mol. The van der Waals surface area contributed by atoms with Crippen LogP contribution in [0.15, 0.2) is 47.4 Å². The SMILES string of the molecule is O=C(CSc1ccc(C(F)(F)F)cc1[N+](=O)[O-])Nc1cccc(Cl)c1. The lowest BCUT2D eigenvalue weighted by molar-refractivity contribution is -0.388. The third-order valence-corrected chi connectivity index (χ3v) is 4.25. The normalized spacial score (nSPS) is 11.2. The van der Waals surface area contributed by atoms with Crippen molar-refractivity contribution < 1.29 is 22.9 Å². The van der Waals surface area contributed by atoms with E-state index in [0.717, 1.165) is 23.9 Å². The molecule has 2 rings (SSSR count). The van der Waals surface area contributed by atoms with Crippen LogP contribution in [-0.4, -0.2) is 16.6 Å². The molecule has 0 atom stereocenters. The Morgan fingerprint density at radius 1 is 1.24 bits per heavy atom. The van der Waals surface area contributed by atoms with E-state index in [1.165, 1.54) is 6.07 Å². The predicted octanol–water partition coefficient (Wildman–Crippen LogP) is 5.00. The largest absolute Gasteiger partial charge is 0.416 e. The summed E-state index contributed by atoms with van der Waals surface area (Å²) in [6.45, 7) is 0. The minimum Gasteiger partial charge on any atom is -0.325 e. The Morgan fingerprint density at radius 3 is 2.56 bits per heavy atom. The van der Waals surface area contributed by atoms with Crippen LogP contribution in [0.25, 0.3) is 0 Å². The molecule has 0 saturated carbocycles. The number of thioether (sulfide) groups is 1. The molecular weight excluding hydrogens is 381 g/mol. The zero-order valence-electron chi connectivity index (χ0n) is 12.3. The number of nitrogens with one attached hydrogen (secondary N) is 1. The van der Waals surface area contributed by atoms with Crippen molar-refractivity contribution in [3.05, 3.63) is 63.2 Å².